The SMILES string of the molecule is C[C@H](c1ccc2ccccc2c1)N1CC=C[C@H](O)[C@@H](O)C1. The molecule has 3 rings (SSSR count). The van der Waals surface area contributed by atoms with E-state index in [0.29, 0.717) is 6.54 Å². The summed E-state index contributed by atoms with van der Waals surface area (Å²) in [4.78, 5) is 2.18. The van der Waals surface area contributed by atoms with Gasteiger partial charge in [-0.15, -0.1) is 0 Å². The lowest BCUT2D eigenvalue weighted by Crippen LogP contribution is -2.37. The van der Waals surface area contributed by atoms with Crippen molar-refractivity contribution in [2.24, 2.45) is 0 Å². The van der Waals surface area contributed by atoms with Gasteiger partial charge in [-0.1, -0.05) is 48.6 Å². The van der Waals surface area contributed by atoms with E-state index in [-0.39, 0.29) is 6.04 Å². The van der Waals surface area contributed by atoms with Crippen molar-refractivity contribution in [3.8, 4) is 0 Å². The van der Waals surface area contributed by atoms with E-state index >= 15 is 0 Å². The Bertz CT molecular complexity index is 652. The van der Waals surface area contributed by atoms with Gasteiger partial charge in [-0.05, 0) is 29.3 Å². The van der Waals surface area contributed by atoms with Crippen LogP contribution in [0.3, 0.4) is 0 Å². The lowest BCUT2D eigenvalue weighted by molar-refractivity contribution is 0.0216. The monoisotopic (exact) mass is 283 g/mol. The zero-order valence-corrected chi connectivity index (χ0v) is 12.2. The maximum Gasteiger partial charge on any atom is 0.0993 e. The molecule has 2 aromatic carbocycles. The molecule has 3 nitrogen and oxygen atoms in total. The van der Waals surface area contributed by atoms with Crippen LogP contribution in [0.2, 0.25) is 0 Å². The molecule has 0 bridgehead atoms. The van der Waals surface area contributed by atoms with Crippen molar-refractivity contribution in [1.82, 2.24) is 4.90 Å². The van der Waals surface area contributed by atoms with Crippen molar-refractivity contribution in [3.05, 3.63) is 60.2 Å². The second-order valence-corrected chi connectivity index (χ2v) is 5.72. The largest absolute Gasteiger partial charge is 0.389 e. The van der Waals surface area contributed by atoms with Crippen LogP contribution in [0.5, 0.6) is 0 Å². The molecule has 0 aliphatic carbocycles. The molecule has 0 saturated carbocycles. The molecular weight excluding hydrogens is 262 g/mol. The van der Waals surface area contributed by atoms with Gasteiger partial charge in [0.05, 0.1) is 12.2 Å². The maximum atomic E-state index is 9.95. The Labute approximate surface area is 125 Å². The van der Waals surface area contributed by atoms with E-state index in [0.717, 1.165) is 6.54 Å². The van der Waals surface area contributed by atoms with E-state index in [9.17, 15) is 10.2 Å². The molecule has 0 fully saturated rings. The summed E-state index contributed by atoms with van der Waals surface area (Å²) in [6.45, 7) is 3.35. The molecule has 0 amide bonds. The Morgan fingerprint density at radius 2 is 1.86 bits per heavy atom. The van der Waals surface area contributed by atoms with Crippen molar-refractivity contribution < 1.29 is 10.2 Å². The van der Waals surface area contributed by atoms with Crippen LogP contribution in [0.15, 0.2) is 54.6 Å². The first-order valence-corrected chi connectivity index (χ1v) is 7.40. The lowest BCUT2D eigenvalue weighted by atomic mass is 10.0. The molecule has 0 radical (unpaired) electrons. The number of β-amino-alcohol motifs (C(OH)–C–C–N with tert-alkyl or cyclic N) is 1. The van der Waals surface area contributed by atoms with Gasteiger partial charge < -0.3 is 10.2 Å². The van der Waals surface area contributed by atoms with Crippen LogP contribution in [0.25, 0.3) is 10.8 Å². The summed E-state index contributed by atoms with van der Waals surface area (Å²) in [5.74, 6) is 0. The predicted molar refractivity (Wildman–Crippen MR) is 85.1 cm³/mol. The van der Waals surface area contributed by atoms with E-state index in [1.807, 2.05) is 18.2 Å². The first kappa shape index (κ1) is 14.3. The molecule has 1 aliphatic rings. The van der Waals surface area contributed by atoms with Gasteiger partial charge in [-0.3, -0.25) is 4.90 Å². The Kier molecular flexibility index (Phi) is 4.06. The van der Waals surface area contributed by atoms with E-state index in [2.05, 4.69) is 42.2 Å². The number of fused-ring (bicyclic) bond motifs is 1. The standard InChI is InChI=1S/C18H21NO2/c1-13(19-10-4-7-17(20)18(21)12-19)15-9-8-14-5-2-3-6-16(14)11-15/h2-9,11,13,17-18,20-21H,10,12H2,1H3/t13-,17+,18+/m1/s1. The third kappa shape index (κ3) is 3.00. The predicted octanol–water partition coefficient (Wildman–Crippen LogP) is 2.49. The maximum absolute atomic E-state index is 9.95. The van der Waals surface area contributed by atoms with Crippen molar-refractivity contribution in [1.29, 1.82) is 0 Å². The van der Waals surface area contributed by atoms with Crippen LogP contribution in [-0.2, 0) is 0 Å². The molecule has 0 spiro atoms. The Hall–Kier alpha value is -1.68. The minimum Gasteiger partial charge on any atom is -0.389 e. The highest BCUT2D eigenvalue weighted by molar-refractivity contribution is 5.83. The van der Waals surface area contributed by atoms with Gasteiger partial charge in [-0.25, -0.2) is 0 Å². The number of aliphatic hydroxyl groups is 2. The van der Waals surface area contributed by atoms with Crippen LogP contribution in [0.1, 0.15) is 18.5 Å². The van der Waals surface area contributed by atoms with Crippen LogP contribution < -0.4 is 0 Å². The van der Waals surface area contributed by atoms with Crippen molar-refractivity contribution in [3.63, 3.8) is 0 Å². The fourth-order valence-electron chi connectivity index (χ4n) is 2.88. The Morgan fingerprint density at radius 3 is 2.67 bits per heavy atom. The molecule has 110 valence electrons. The van der Waals surface area contributed by atoms with Gasteiger partial charge in [0.2, 0.25) is 0 Å². The summed E-state index contributed by atoms with van der Waals surface area (Å²) in [7, 11) is 0. The quantitative estimate of drug-likeness (QED) is 0.832. The molecule has 2 N–H and O–H groups in total. The fourth-order valence-corrected chi connectivity index (χ4v) is 2.88. The van der Waals surface area contributed by atoms with Gasteiger partial charge >= 0.3 is 0 Å². The van der Waals surface area contributed by atoms with Gasteiger partial charge in [0.15, 0.2) is 0 Å². The zero-order chi connectivity index (χ0) is 14.8. The highest BCUT2D eigenvalue weighted by atomic mass is 16.3. The third-order valence-corrected chi connectivity index (χ3v) is 4.29. The molecule has 2 aromatic rings. The Balaban J connectivity index is 1.85. The summed E-state index contributed by atoms with van der Waals surface area (Å²) in [5, 5.41) is 22.1. The lowest BCUT2D eigenvalue weighted by Gasteiger charge is -2.29. The minimum atomic E-state index is -0.765. The fraction of sp³-hybridized carbons (Fsp3) is 0.333. The zero-order valence-electron chi connectivity index (χ0n) is 12.2. The summed E-state index contributed by atoms with van der Waals surface area (Å²) in [6.07, 6.45) is 2.11. The average Bonchev–Trinajstić information content (AvgIpc) is 2.68. The highest BCUT2D eigenvalue weighted by Gasteiger charge is 2.24. The molecule has 0 aromatic heterocycles. The van der Waals surface area contributed by atoms with E-state index in [1.165, 1.54) is 16.3 Å². The summed E-state index contributed by atoms with van der Waals surface area (Å²) < 4.78 is 0. The second-order valence-electron chi connectivity index (χ2n) is 5.72. The molecule has 21 heavy (non-hydrogen) atoms. The van der Waals surface area contributed by atoms with E-state index < -0.39 is 12.2 Å². The Morgan fingerprint density at radius 1 is 1.10 bits per heavy atom. The van der Waals surface area contributed by atoms with E-state index in [4.69, 9.17) is 0 Å². The van der Waals surface area contributed by atoms with Crippen LogP contribution in [0, 0.1) is 0 Å². The molecule has 0 unspecified atom stereocenters. The number of hydrogen-bond acceptors (Lipinski definition) is 3. The molecule has 0 saturated heterocycles. The van der Waals surface area contributed by atoms with Crippen LogP contribution >= 0.6 is 0 Å². The first-order valence-electron chi connectivity index (χ1n) is 7.40. The molecule has 1 heterocycles. The summed E-state index contributed by atoms with van der Waals surface area (Å²) in [5.41, 5.74) is 1.23. The van der Waals surface area contributed by atoms with Gasteiger partial charge in [0.1, 0.15) is 0 Å². The van der Waals surface area contributed by atoms with E-state index in [1.54, 1.807) is 6.08 Å². The van der Waals surface area contributed by atoms with Crippen LogP contribution in [0.4, 0.5) is 0 Å². The van der Waals surface area contributed by atoms with Crippen LogP contribution in [-0.4, -0.2) is 40.4 Å². The molecular formula is C18H21NO2. The molecule has 3 heteroatoms. The normalized spacial score (nSPS) is 24.9. The number of aliphatic hydroxyl groups excluding tert-OH is 2. The van der Waals surface area contributed by atoms with Gasteiger partial charge in [0, 0.05) is 19.1 Å². The number of hydrogen-bond donors (Lipinski definition) is 2. The highest BCUT2D eigenvalue weighted by Crippen LogP contribution is 2.25. The van der Waals surface area contributed by atoms with Crippen molar-refractivity contribution in [2.45, 2.75) is 25.2 Å². The number of nitrogens with zero attached hydrogens (tertiary/aromatic N) is 1. The third-order valence-electron chi connectivity index (χ3n) is 4.29. The minimum absolute atomic E-state index is 0.194. The topological polar surface area (TPSA) is 43.7 Å². The first-order chi connectivity index (χ1) is 10.1. The number of rotatable bonds is 2. The second kappa shape index (κ2) is 5.98. The molecule has 1 aliphatic heterocycles. The van der Waals surface area contributed by atoms with Gasteiger partial charge in [0.25, 0.3) is 0 Å². The molecule has 3 atom stereocenters. The average molecular weight is 283 g/mol. The number of benzene rings is 2. The smallest absolute Gasteiger partial charge is 0.0993 e. The van der Waals surface area contributed by atoms with Gasteiger partial charge in [-0.2, -0.15) is 0 Å². The van der Waals surface area contributed by atoms with Crippen molar-refractivity contribution in [2.75, 3.05) is 13.1 Å². The van der Waals surface area contributed by atoms with Crippen molar-refractivity contribution >= 4 is 10.8 Å². The summed E-state index contributed by atoms with van der Waals surface area (Å²) >= 11 is 0. The summed E-state index contributed by atoms with van der Waals surface area (Å²) in [6, 6.07) is 15.0.